The Balaban J connectivity index is 1.53. The third kappa shape index (κ3) is 4.67. The van der Waals surface area contributed by atoms with Crippen LogP contribution in [0.2, 0.25) is 0 Å². The summed E-state index contributed by atoms with van der Waals surface area (Å²) in [4.78, 5) is 26.8. The van der Waals surface area contributed by atoms with E-state index in [4.69, 9.17) is 0 Å². The number of nitrogens with zero attached hydrogens (tertiary/aromatic N) is 1. The minimum absolute atomic E-state index is 0.0252. The fourth-order valence-electron chi connectivity index (χ4n) is 3.23. The van der Waals surface area contributed by atoms with Gasteiger partial charge in [0.2, 0.25) is 5.91 Å². The SMILES string of the molecule is CCC(C)C(=O)Nc1cccc(C(=O)NCCN2CCc3ccccc32)c1. The van der Waals surface area contributed by atoms with E-state index in [9.17, 15) is 9.59 Å². The van der Waals surface area contributed by atoms with E-state index in [-0.39, 0.29) is 17.7 Å². The number of hydrogen-bond donors (Lipinski definition) is 2. The lowest BCUT2D eigenvalue weighted by Gasteiger charge is -2.19. The predicted molar refractivity (Wildman–Crippen MR) is 109 cm³/mol. The van der Waals surface area contributed by atoms with Gasteiger partial charge in [0.15, 0.2) is 0 Å². The van der Waals surface area contributed by atoms with Gasteiger partial charge in [-0.25, -0.2) is 0 Å². The Hall–Kier alpha value is -2.82. The Morgan fingerprint density at radius 3 is 2.78 bits per heavy atom. The highest BCUT2D eigenvalue weighted by Crippen LogP contribution is 2.26. The molecule has 5 nitrogen and oxygen atoms in total. The molecule has 0 saturated carbocycles. The quantitative estimate of drug-likeness (QED) is 0.790. The average molecular weight is 365 g/mol. The molecule has 27 heavy (non-hydrogen) atoms. The molecule has 1 aliphatic rings. The van der Waals surface area contributed by atoms with Crippen molar-refractivity contribution in [2.75, 3.05) is 29.9 Å². The van der Waals surface area contributed by atoms with E-state index in [0.717, 1.165) is 25.9 Å². The van der Waals surface area contributed by atoms with Crippen LogP contribution in [0.1, 0.15) is 36.2 Å². The fourth-order valence-corrected chi connectivity index (χ4v) is 3.23. The summed E-state index contributed by atoms with van der Waals surface area (Å²) in [7, 11) is 0. The molecule has 1 unspecified atom stereocenters. The van der Waals surface area contributed by atoms with Crippen molar-refractivity contribution in [3.05, 3.63) is 59.7 Å². The smallest absolute Gasteiger partial charge is 0.251 e. The van der Waals surface area contributed by atoms with Gasteiger partial charge >= 0.3 is 0 Å². The topological polar surface area (TPSA) is 61.4 Å². The molecular weight excluding hydrogens is 338 g/mol. The van der Waals surface area contributed by atoms with Crippen LogP contribution in [-0.2, 0) is 11.2 Å². The summed E-state index contributed by atoms with van der Waals surface area (Å²) in [6.45, 7) is 6.23. The number of para-hydroxylation sites is 1. The summed E-state index contributed by atoms with van der Waals surface area (Å²) in [5.41, 5.74) is 3.84. The molecule has 0 radical (unpaired) electrons. The first-order valence-electron chi connectivity index (χ1n) is 9.60. The molecular formula is C22H27N3O2. The number of hydrogen-bond acceptors (Lipinski definition) is 3. The van der Waals surface area contributed by atoms with Gasteiger partial charge in [0.25, 0.3) is 5.91 Å². The maximum atomic E-state index is 12.4. The molecule has 0 aromatic heterocycles. The van der Waals surface area contributed by atoms with Gasteiger partial charge in [-0.2, -0.15) is 0 Å². The van der Waals surface area contributed by atoms with Crippen LogP contribution in [0.3, 0.4) is 0 Å². The van der Waals surface area contributed by atoms with Crippen molar-refractivity contribution < 1.29 is 9.59 Å². The van der Waals surface area contributed by atoms with E-state index >= 15 is 0 Å². The first-order chi connectivity index (χ1) is 13.1. The molecule has 0 bridgehead atoms. The van der Waals surface area contributed by atoms with Crippen molar-refractivity contribution in [2.24, 2.45) is 5.92 Å². The highest BCUT2D eigenvalue weighted by Gasteiger charge is 2.18. The number of anilines is 2. The van der Waals surface area contributed by atoms with Gasteiger partial charge in [-0.05, 0) is 42.7 Å². The molecule has 0 spiro atoms. The molecule has 0 fully saturated rings. The zero-order chi connectivity index (χ0) is 19.2. The normalized spacial score (nSPS) is 13.8. The van der Waals surface area contributed by atoms with Crippen LogP contribution in [0.15, 0.2) is 48.5 Å². The van der Waals surface area contributed by atoms with Crippen LogP contribution in [0, 0.1) is 5.92 Å². The van der Waals surface area contributed by atoms with E-state index in [1.807, 2.05) is 13.8 Å². The zero-order valence-electron chi connectivity index (χ0n) is 16.0. The van der Waals surface area contributed by atoms with Crippen molar-refractivity contribution in [2.45, 2.75) is 26.7 Å². The molecule has 2 aromatic rings. The predicted octanol–water partition coefficient (Wildman–Crippen LogP) is 3.46. The van der Waals surface area contributed by atoms with Crippen molar-refractivity contribution in [1.82, 2.24) is 5.32 Å². The number of rotatable bonds is 7. The number of carbonyl (C=O) groups is 2. The monoisotopic (exact) mass is 365 g/mol. The molecule has 5 heteroatoms. The van der Waals surface area contributed by atoms with Crippen LogP contribution >= 0.6 is 0 Å². The molecule has 1 heterocycles. The van der Waals surface area contributed by atoms with Crippen LogP contribution in [0.5, 0.6) is 0 Å². The van der Waals surface area contributed by atoms with Crippen molar-refractivity contribution in [1.29, 1.82) is 0 Å². The van der Waals surface area contributed by atoms with Gasteiger partial charge in [-0.1, -0.05) is 38.1 Å². The number of carbonyl (C=O) groups excluding carboxylic acids is 2. The molecule has 2 N–H and O–H groups in total. The minimum atomic E-state index is -0.123. The van der Waals surface area contributed by atoms with E-state index < -0.39 is 0 Å². The lowest BCUT2D eigenvalue weighted by molar-refractivity contribution is -0.119. The first-order valence-corrected chi connectivity index (χ1v) is 9.60. The third-order valence-corrected chi connectivity index (χ3v) is 5.10. The molecule has 2 amide bonds. The lowest BCUT2D eigenvalue weighted by Crippen LogP contribution is -2.34. The lowest BCUT2D eigenvalue weighted by atomic mass is 10.1. The summed E-state index contributed by atoms with van der Waals surface area (Å²) >= 11 is 0. The maximum Gasteiger partial charge on any atom is 0.251 e. The largest absolute Gasteiger partial charge is 0.369 e. The van der Waals surface area contributed by atoms with Crippen molar-refractivity contribution >= 4 is 23.2 Å². The Kier molecular flexibility index (Phi) is 6.12. The summed E-state index contributed by atoms with van der Waals surface area (Å²) in [6, 6.07) is 15.5. The highest BCUT2D eigenvalue weighted by atomic mass is 16.2. The second-order valence-corrected chi connectivity index (χ2v) is 7.00. The van der Waals surface area contributed by atoms with Gasteiger partial charge in [-0.15, -0.1) is 0 Å². The molecule has 1 atom stereocenters. The van der Waals surface area contributed by atoms with Gasteiger partial charge < -0.3 is 15.5 Å². The van der Waals surface area contributed by atoms with Crippen LogP contribution in [0.4, 0.5) is 11.4 Å². The van der Waals surface area contributed by atoms with E-state index in [2.05, 4.69) is 39.8 Å². The van der Waals surface area contributed by atoms with Crippen LogP contribution < -0.4 is 15.5 Å². The second-order valence-electron chi connectivity index (χ2n) is 7.00. The van der Waals surface area contributed by atoms with Crippen LogP contribution in [0.25, 0.3) is 0 Å². The zero-order valence-corrected chi connectivity index (χ0v) is 16.0. The highest BCUT2D eigenvalue weighted by molar-refractivity contribution is 5.97. The van der Waals surface area contributed by atoms with E-state index in [0.29, 0.717) is 17.8 Å². The molecule has 0 saturated heterocycles. The average Bonchev–Trinajstić information content (AvgIpc) is 3.10. The van der Waals surface area contributed by atoms with E-state index in [1.165, 1.54) is 11.3 Å². The Morgan fingerprint density at radius 2 is 1.96 bits per heavy atom. The molecule has 2 aromatic carbocycles. The molecule has 1 aliphatic heterocycles. The Morgan fingerprint density at radius 1 is 1.15 bits per heavy atom. The van der Waals surface area contributed by atoms with Crippen LogP contribution in [-0.4, -0.2) is 31.4 Å². The van der Waals surface area contributed by atoms with Crippen molar-refractivity contribution in [3.63, 3.8) is 0 Å². The second kappa shape index (κ2) is 8.71. The number of benzene rings is 2. The standard InChI is InChI=1S/C22H27N3O2/c1-3-16(2)21(26)24-19-9-6-8-18(15-19)22(27)23-12-14-25-13-11-17-7-4-5-10-20(17)25/h4-10,15-16H,3,11-14H2,1-2H3,(H,23,27)(H,24,26). The number of amides is 2. The van der Waals surface area contributed by atoms with Gasteiger partial charge in [0.1, 0.15) is 0 Å². The van der Waals surface area contributed by atoms with Gasteiger partial charge in [0, 0.05) is 42.5 Å². The van der Waals surface area contributed by atoms with Crippen molar-refractivity contribution in [3.8, 4) is 0 Å². The Bertz CT molecular complexity index is 819. The fraction of sp³-hybridized carbons (Fsp3) is 0.364. The van der Waals surface area contributed by atoms with E-state index in [1.54, 1.807) is 24.3 Å². The summed E-state index contributed by atoms with van der Waals surface area (Å²) in [5.74, 6) is -0.198. The number of nitrogens with one attached hydrogen (secondary N) is 2. The minimum Gasteiger partial charge on any atom is -0.369 e. The molecule has 0 aliphatic carbocycles. The summed E-state index contributed by atoms with van der Waals surface area (Å²) in [6.07, 6.45) is 1.84. The maximum absolute atomic E-state index is 12.4. The molecule has 142 valence electrons. The number of fused-ring (bicyclic) bond motifs is 1. The molecule has 3 rings (SSSR count). The first kappa shape index (κ1) is 19.0. The third-order valence-electron chi connectivity index (χ3n) is 5.10. The van der Waals surface area contributed by atoms with Gasteiger partial charge in [-0.3, -0.25) is 9.59 Å². The summed E-state index contributed by atoms with van der Waals surface area (Å²) < 4.78 is 0. The van der Waals surface area contributed by atoms with Gasteiger partial charge in [0.05, 0.1) is 0 Å². The Labute approximate surface area is 160 Å². The summed E-state index contributed by atoms with van der Waals surface area (Å²) in [5, 5.41) is 5.85.